The van der Waals surface area contributed by atoms with E-state index in [0.29, 0.717) is 5.69 Å². The van der Waals surface area contributed by atoms with E-state index in [1.807, 2.05) is 0 Å². The van der Waals surface area contributed by atoms with Gasteiger partial charge >= 0.3 is 12.2 Å². The van der Waals surface area contributed by atoms with Gasteiger partial charge in [0.25, 0.3) is 0 Å². The lowest BCUT2D eigenvalue weighted by atomic mass is 10.2. The van der Waals surface area contributed by atoms with Crippen molar-refractivity contribution in [3.8, 4) is 11.5 Å². The number of hydrogen-bond acceptors (Lipinski definition) is 3. The zero-order valence-corrected chi connectivity index (χ0v) is 11.9. The fraction of sp³-hybridized carbons (Fsp3) is 0.133. The Kier molecular flexibility index (Phi) is 4.63. The van der Waals surface area contributed by atoms with Crippen LogP contribution in [0.15, 0.2) is 42.5 Å². The Bertz CT molecular complexity index is 700. The Labute approximate surface area is 129 Å². The molecule has 0 heterocycles. The van der Waals surface area contributed by atoms with Gasteiger partial charge in [-0.05, 0) is 42.5 Å². The fourth-order valence-corrected chi connectivity index (χ4v) is 1.81. The zero-order valence-electron chi connectivity index (χ0n) is 11.9. The molecule has 0 aliphatic rings. The fourth-order valence-electron chi connectivity index (χ4n) is 1.81. The van der Waals surface area contributed by atoms with Crippen molar-refractivity contribution in [1.29, 1.82) is 0 Å². The Morgan fingerprint density at radius 2 is 1.74 bits per heavy atom. The van der Waals surface area contributed by atoms with Gasteiger partial charge in [0.1, 0.15) is 11.5 Å². The van der Waals surface area contributed by atoms with Gasteiger partial charge in [0.15, 0.2) is 0 Å². The molecule has 2 aromatic carbocycles. The monoisotopic (exact) mass is 326 g/mol. The second-order valence-electron chi connectivity index (χ2n) is 4.54. The summed E-state index contributed by atoms with van der Waals surface area (Å²) in [7, 11) is 1.28. The van der Waals surface area contributed by atoms with Gasteiger partial charge in [-0.25, -0.2) is 4.79 Å². The van der Waals surface area contributed by atoms with Gasteiger partial charge in [-0.2, -0.15) is 13.2 Å². The molecule has 23 heavy (non-hydrogen) atoms. The molecule has 0 saturated heterocycles. The average Bonchev–Trinajstić information content (AvgIpc) is 2.48. The summed E-state index contributed by atoms with van der Waals surface area (Å²) in [5, 5.41) is 13.9. The van der Waals surface area contributed by atoms with E-state index >= 15 is 0 Å². The predicted octanol–water partition coefficient (Wildman–Crippen LogP) is 4.06. The third kappa shape index (κ3) is 4.29. The normalized spacial score (nSPS) is 11.0. The van der Waals surface area contributed by atoms with E-state index in [9.17, 15) is 18.0 Å². The number of benzene rings is 2. The van der Waals surface area contributed by atoms with E-state index in [-0.39, 0.29) is 17.2 Å². The molecular formula is C15H13F3N2O3. The highest BCUT2D eigenvalue weighted by atomic mass is 19.4. The molecule has 0 atom stereocenters. The molecule has 0 bridgehead atoms. The molecule has 2 amide bonds. The second kappa shape index (κ2) is 6.47. The number of ether oxygens (including phenoxy) is 1. The summed E-state index contributed by atoms with van der Waals surface area (Å²) in [6.07, 6.45) is -4.53. The van der Waals surface area contributed by atoms with Crippen LogP contribution in [0.1, 0.15) is 5.56 Å². The molecule has 0 saturated carbocycles. The number of phenolic OH excluding ortho intramolecular Hbond substituents is 1. The molecule has 122 valence electrons. The van der Waals surface area contributed by atoms with E-state index in [4.69, 9.17) is 9.84 Å². The summed E-state index contributed by atoms with van der Waals surface area (Å²) >= 11 is 0. The number of hydrogen-bond donors (Lipinski definition) is 3. The molecule has 2 rings (SSSR count). The third-order valence-corrected chi connectivity index (χ3v) is 2.90. The van der Waals surface area contributed by atoms with Crippen LogP contribution >= 0.6 is 0 Å². The lowest BCUT2D eigenvalue weighted by Crippen LogP contribution is -2.20. The van der Waals surface area contributed by atoms with Crippen LogP contribution in [-0.4, -0.2) is 18.2 Å². The highest BCUT2D eigenvalue weighted by Crippen LogP contribution is 2.35. The lowest BCUT2D eigenvalue weighted by molar-refractivity contribution is -0.137. The molecule has 3 N–H and O–H groups in total. The summed E-state index contributed by atoms with van der Waals surface area (Å²) in [5.41, 5.74) is -0.650. The summed E-state index contributed by atoms with van der Waals surface area (Å²) in [6, 6.07) is 7.64. The van der Waals surface area contributed by atoms with E-state index in [0.717, 1.165) is 18.2 Å². The summed E-state index contributed by atoms with van der Waals surface area (Å²) in [5.74, 6) is 0.120. The van der Waals surface area contributed by atoms with Gasteiger partial charge in [-0.1, -0.05) is 0 Å². The van der Waals surface area contributed by atoms with E-state index in [1.54, 1.807) is 0 Å². The third-order valence-electron chi connectivity index (χ3n) is 2.90. The Morgan fingerprint density at radius 3 is 2.30 bits per heavy atom. The molecular weight excluding hydrogens is 313 g/mol. The zero-order chi connectivity index (χ0) is 17.0. The first kappa shape index (κ1) is 16.5. The number of rotatable bonds is 3. The minimum atomic E-state index is -4.53. The standard InChI is InChI=1S/C15H13F3N2O3/c1-23-13-7-2-9(15(16,17)18)8-12(13)20-14(22)19-10-3-5-11(21)6-4-10/h2-8,21H,1H3,(H2,19,20,22). The maximum atomic E-state index is 12.7. The summed E-state index contributed by atoms with van der Waals surface area (Å²) < 4.78 is 43.1. The van der Waals surface area contributed by atoms with Gasteiger partial charge in [0.05, 0.1) is 18.4 Å². The Hall–Kier alpha value is -2.90. The number of anilines is 2. The number of phenols is 1. The van der Waals surface area contributed by atoms with Crippen molar-refractivity contribution in [1.82, 2.24) is 0 Å². The van der Waals surface area contributed by atoms with Crippen molar-refractivity contribution in [2.75, 3.05) is 17.7 Å². The first-order valence-electron chi connectivity index (χ1n) is 6.42. The molecule has 0 fully saturated rings. The molecule has 8 heteroatoms. The topological polar surface area (TPSA) is 70.6 Å². The molecule has 0 aliphatic heterocycles. The number of alkyl halides is 3. The number of nitrogens with one attached hydrogen (secondary N) is 2. The van der Waals surface area contributed by atoms with Crippen LogP contribution in [0.4, 0.5) is 29.3 Å². The quantitative estimate of drug-likeness (QED) is 0.745. The number of carbonyl (C=O) groups is 1. The highest BCUT2D eigenvalue weighted by molar-refractivity contribution is 6.00. The van der Waals surface area contributed by atoms with Crippen molar-refractivity contribution in [3.63, 3.8) is 0 Å². The SMILES string of the molecule is COc1ccc(C(F)(F)F)cc1NC(=O)Nc1ccc(O)cc1. The largest absolute Gasteiger partial charge is 0.508 e. The number of urea groups is 1. The Morgan fingerprint density at radius 1 is 1.09 bits per heavy atom. The number of aromatic hydroxyl groups is 1. The van der Waals surface area contributed by atoms with Crippen LogP contribution in [0.2, 0.25) is 0 Å². The van der Waals surface area contributed by atoms with Crippen LogP contribution < -0.4 is 15.4 Å². The van der Waals surface area contributed by atoms with Crippen molar-refractivity contribution >= 4 is 17.4 Å². The number of amides is 2. The van der Waals surface area contributed by atoms with Crippen LogP contribution in [0, 0.1) is 0 Å². The minimum absolute atomic E-state index is 0.0236. The Balaban J connectivity index is 2.17. The maximum Gasteiger partial charge on any atom is 0.416 e. The molecule has 0 unspecified atom stereocenters. The van der Waals surface area contributed by atoms with Crippen molar-refractivity contribution in [2.24, 2.45) is 0 Å². The van der Waals surface area contributed by atoms with E-state index in [1.165, 1.54) is 31.4 Å². The lowest BCUT2D eigenvalue weighted by Gasteiger charge is -2.14. The summed E-state index contributed by atoms with van der Waals surface area (Å²) in [4.78, 5) is 11.9. The van der Waals surface area contributed by atoms with Crippen molar-refractivity contribution in [3.05, 3.63) is 48.0 Å². The molecule has 0 spiro atoms. The summed E-state index contributed by atoms with van der Waals surface area (Å²) in [6.45, 7) is 0. The minimum Gasteiger partial charge on any atom is -0.508 e. The van der Waals surface area contributed by atoms with E-state index in [2.05, 4.69) is 10.6 Å². The molecule has 0 radical (unpaired) electrons. The number of halogens is 3. The molecule has 0 aromatic heterocycles. The van der Waals surface area contributed by atoms with Gasteiger partial charge < -0.3 is 20.5 Å². The predicted molar refractivity (Wildman–Crippen MR) is 78.7 cm³/mol. The van der Waals surface area contributed by atoms with Crippen molar-refractivity contribution < 1.29 is 27.8 Å². The molecule has 2 aromatic rings. The smallest absolute Gasteiger partial charge is 0.416 e. The van der Waals surface area contributed by atoms with Crippen LogP contribution in [0.3, 0.4) is 0 Å². The van der Waals surface area contributed by atoms with Gasteiger partial charge in [0.2, 0.25) is 0 Å². The highest BCUT2D eigenvalue weighted by Gasteiger charge is 2.31. The molecule has 5 nitrogen and oxygen atoms in total. The van der Waals surface area contributed by atoms with Crippen LogP contribution in [0.5, 0.6) is 11.5 Å². The van der Waals surface area contributed by atoms with Gasteiger partial charge in [0, 0.05) is 5.69 Å². The maximum absolute atomic E-state index is 12.7. The molecule has 0 aliphatic carbocycles. The number of carbonyl (C=O) groups excluding carboxylic acids is 1. The average molecular weight is 326 g/mol. The van der Waals surface area contributed by atoms with E-state index < -0.39 is 17.8 Å². The second-order valence-corrected chi connectivity index (χ2v) is 4.54. The van der Waals surface area contributed by atoms with Crippen LogP contribution in [0.25, 0.3) is 0 Å². The first-order valence-corrected chi connectivity index (χ1v) is 6.42. The number of methoxy groups -OCH3 is 1. The first-order chi connectivity index (χ1) is 10.8. The van der Waals surface area contributed by atoms with Gasteiger partial charge in [-0.15, -0.1) is 0 Å². The van der Waals surface area contributed by atoms with Crippen LogP contribution in [-0.2, 0) is 6.18 Å². The van der Waals surface area contributed by atoms with Crippen molar-refractivity contribution in [2.45, 2.75) is 6.18 Å². The van der Waals surface area contributed by atoms with Gasteiger partial charge in [-0.3, -0.25) is 0 Å².